The Labute approximate surface area is 190 Å². The van der Waals surface area contributed by atoms with Gasteiger partial charge in [0.1, 0.15) is 29.7 Å². The molecule has 2 saturated heterocycles. The quantitative estimate of drug-likeness (QED) is 0.608. The number of aryl methyl sites for hydroxylation is 1. The van der Waals surface area contributed by atoms with Gasteiger partial charge < -0.3 is 19.7 Å². The summed E-state index contributed by atoms with van der Waals surface area (Å²) in [5.41, 5.74) is -1.94. The third kappa shape index (κ3) is 3.48. The van der Waals surface area contributed by atoms with Crippen LogP contribution in [0, 0.1) is 6.92 Å². The van der Waals surface area contributed by atoms with Crippen molar-refractivity contribution in [3.8, 4) is 11.3 Å². The van der Waals surface area contributed by atoms with Gasteiger partial charge >= 0.3 is 17.7 Å². The van der Waals surface area contributed by atoms with Gasteiger partial charge in [-0.05, 0) is 19.1 Å². The van der Waals surface area contributed by atoms with Crippen molar-refractivity contribution in [3.63, 3.8) is 0 Å². The third-order valence-corrected chi connectivity index (χ3v) is 5.71. The molecule has 0 spiro atoms. The summed E-state index contributed by atoms with van der Waals surface area (Å²) in [6.07, 6.45) is -0.480. The van der Waals surface area contributed by atoms with Crippen LogP contribution >= 0.6 is 23.2 Å². The highest BCUT2D eigenvalue weighted by Gasteiger charge is 2.59. The first-order valence-corrected chi connectivity index (χ1v) is 10.0. The summed E-state index contributed by atoms with van der Waals surface area (Å²) in [6, 6.07) is 3.50. The lowest BCUT2D eigenvalue weighted by Gasteiger charge is -2.30. The number of cyclic esters (lactones) is 1. The molecule has 11 nitrogen and oxygen atoms in total. The van der Waals surface area contributed by atoms with E-state index in [1.165, 1.54) is 6.92 Å². The molecule has 2 atom stereocenters. The maximum Gasteiger partial charge on any atom is 0.372 e. The normalized spacial score (nSPS) is 22.8. The van der Waals surface area contributed by atoms with Crippen LogP contribution < -0.4 is 5.32 Å². The zero-order valence-electron chi connectivity index (χ0n) is 16.4. The minimum absolute atomic E-state index is 0.00788. The minimum atomic E-state index is -2.28. The molecule has 13 heteroatoms. The van der Waals surface area contributed by atoms with E-state index in [-0.39, 0.29) is 52.1 Å². The first kappa shape index (κ1) is 22.1. The van der Waals surface area contributed by atoms with Gasteiger partial charge in [0.15, 0.2) is 0 Å². The summed E-state index contributed by atoms with van der Waals surface area (Å²) in [7, 11) is 0. The number of nitrogens with one attached hydrogen (secondary N) is 1. The lowest BCUT2D eigenvalue weighted by atomic mass is 10.0. The molecular weight excluding hydrogens is 469 g/mol. The van der Waals surface area contributed by atoms with Crippen molar-refractivity contribution in [2.24, 2.45) is 0 Å². The van der Waals surface area contributed by atoms with E-state index in [4.69, 9.17) is 37.3 Å². The maximum absolute atomic E-state index is 13.0. The molecule has 2 aliphatic heterocycles. The number of rotatable bonds is 5. The molecule has 2 N–H and O–H groups in total. The second kappa shape index (κ2) is 8.08. The van der Waals surface area contributed by atoms with Gasteiger partial charge in [-0.3, -0.25) is 19.2 Å². The molecule has 1 aromatic carbocycles. The first-order valence-electron chi connectivity index (χ1n) is 9.29. The number of hydrogen-bond acceptors (Lipinski definition) is 8. The number of esters is 1. The average Bonchev–Trinajstić information content (AvgIpc) is 3.40. The molecule has 168 valence electrons. The van der Waals surface area contributed by atoms with E-state index in [1.54, 1.807) is 18.2 Å². The number of benzene rings is 1. The second-order valence-corrected chi connectivity index (χ2v) is 7.89. The predicted molar refractivity (Wildman–Crippen MR) is 106 cm³/mol. The molecule has 3 heterocycles. The van der Waals surface area contributed by atoms with E-state index in [1.807, 2.05) is 0 Å². The summed E-state index contributed by atoms with van der Waals surface area (Å²) in [6.45, 7) is 1.12. The van der Waals surface area contributed by atoms with Crippen molar-refractivity contribution in [2.45, 2.75) is 31.5 Å². The van der Waals surface area contributed by atoms with Crippen molar-refractivity contribution in [1.82, 2.24) is 15.5 Å². The van der Waals surface area contributed by atoms with Crippen LogP contribution in [-0.2, 0) is 24.0 Å². The number of carboxylic acid groups (broad SMARTS) is 1. The van der Waals surface area contributed by atoms with E-state index in [0.717, 1.165) is 0 Å². The largest absolute Gasteiger partial charge is 0.477 e. The molecule has 0 bridgehead atoms. The number of halogens is 2. The summed E-state index contributed by atoms with van der Waals surface area (Å²) in [5, 5.41) is 16.8. The van der Waals surface area contributed by atoms with Gasteiger partial charge in [0.05, 0.1) is 16.5 Å². The number of hydroxylamine groups is 2. The van der Waals surface area contributed by atoms with Crippen LogP contribution in [0.1, 0.15) is 29.0 Å². The van der Waals surface area contributed by atoms with Gasteiger partial charge in [0.2, 0.25) is 0 Å². The first-order chi connectivity index (χ1) is 15.2. The van der Waals surface area contributed by atoms with Crippen molar-refractivity contribution in [1.29, 1.82) is 0 Å². The zero-order chi connectivity index (χ0) is 23.2. The number of aromatic nitrogens is 1. The molecule has 1 aromatic heterocycles. The lowest BCUT2D eigenvalue weighted by molar-refractivity contribution is -0.256. The molecule has 0 radical (unpaired) electrons. The van der Waals surface area contributed by atoms with Crippen LogP contribution in [0.5, 0.6) is 0 Å². The lowest BCUT2D eigenvalue weighted by Crippen LogP contribution is -2.56. The molecule has 1 unspecified atom stereocenters. The van der Waals surface area contributed by atoms with Crippen LogP contribution in [0.15, 0.2) is 22.7 Å². The SMILES string of the molecule is Cc1onc(-c2c(Cl)cccc2Cl)c1C(=O)N[C@H]1CON(C2(C(=O)O)CCC(=O)O2)C1=O. The standard InChI is InChI=1S/C19H15Cl2N3O8/c1-8-13(15(23-32-8)14-9(20)3-2-4-10(14)21)16(26)22-11-7-30-24(17(11)27)19(18(28)29)6-5-12(25)31-19/h2-4,11H,5-7H2,1H3,(H,22,26)(H,28,29)/t11-,19?/m0/s1. The number of hydrogen-bond donors (Lipinski definition) is 2. The molecule has 32 heavy (non-hydrogen) atoms. The van der Waals surface area contributed by atoms with Crippen LogP contribution in [-0.4, -0.2) is 57.5 Å². The Morgan fingerprint density at radius 3 is 2.56 bits per heavy atom. The van der Waals surface area contributed by atoms with Crippen LogP contribution in [0.25, 0.3) is 11.3 Å². The van der Waals surface area contributed by atoms with E-state index in [9.17, 15) is 24.3 Å². The van der Waals surface area contributed by atoms with Gasteiger partial charge in [0.25, 0.3) is 11.8 Å². The zero-order valence-corrected chi connectivity index (χ0v) is 17.9. The fourth-order valence-electron chi connectivity index (χ4n) is 3.52. The highest BCUT2D eigenvalue weighted by atomic mass is 35.5. The summed E-state index contributed by atoms with van der Waals surface area (Å²) in [4.78, 5) is 54.3. The Balaban J connectivity index is 1.59. The van der Waals surface area contributed by atoms with E-state index < -0.39 is 35.5 Å². The van der Waals surface area contributed by atoms with Crippen molar-refractivity contribution < 1.29 is 38.4 Å². The Morgan fingerprint density at radius 2 is 1.97 bits per heavy atom. The molecule has 4 rings (SSSR count). The van der Waals surface area contributed by atoms with Gasteiger partial charge in [0, 0.05) is 12.0 Å². The molecule has 2 aliphatic rings. The van der Waals surface area contributed by atoms with Gasteiger partial charge in [-0.2, -0.15) is 5.06 Å². The second-order valence-electron chi connectivity index (χ2n) is 7.08. The van der Waals surface area contributed by atoms with Crippen LogP contribution in [0.4, 0.5) is 0 Å². The summed E-state index contributed by atoms with van der Waals surface area (Å²) < 4.78 is 10.0. The third-order valence-electron chi connectivity index (χ3n) is 5.08. The summed E-state index contributed by atoms with van der Waals surface area (Å²) in [5.74, 6) is -3.83. The Hall–Kier alpha value is -3.15. The Morgan fingerprint density at radius 1 is 1.28 bits per heavy atom. The molecule has 2 aromatic rings. The number of amides is 2. The molecule has 2 fully saturated rings. The Kier molecular flexibility index (Phi) is 5.57. The molecule has 0 aliphatic carbocycles. The number of carboxylic acids is 1. The number of nitrogens with zero attached hydrogens (tertiary/aromatic N) is 2. The number of ether oxygens (including phenoxy) is 1. The average molecular weight is 484 g/mol. The van der Waals surface area contributed by atoms with Crippen LogP contribution in [0.2, 0.25) is 10.0 Å². The van der Waals surface area contributed by atoms with Gasteiger partial charge in [-0.1, -0.05) is 34.4 Å². The highest BCUT2D eigenvalue weighted by molar-refractivity contribution is 6.39. The number of aliphatic carboxylic acids is 1. The molecule has 2 amide bonds. The Bertz CT molecular complexity index is 1130. The van der Waals surface area contributed by atoms with Crippen molar-refractivity contribution in [3.05, 3.63) is 39.6 Å². The van der Waals surface area contributed by atoms with E-state index >= 15 is 0 Å². The number of carbonyl (C=O) groups excluding carboxylic acids is 3. The van der Waals surface area contributed by atoms with Gasteiger partial charge in [-0.15, -0.1) is 0 Å². The van der Waals surface area contributed by atoms with E-state index in [0.29, 0.717) is 5.06 Å². The number of carbonyl (C=O) groups is 4. The van der Waals surface area contributed by atoms with Crippen molar-refractivity contribution >= 4 is 47.0 Å². The summed E-state index contributed by atoms with van der Waals surface area (Å²) >= 11 is 12.4. The highest BCUT2D eigenvalue weighted by Crippen LogP contribution is 2.37. The van der Waals surface area contributed by atoms with Crippen LogP contribution in [0.3, 0.4) is 0 Å². The maximum atomic E-state index is 13.0. The molecular formula is C19H15Cl2N3O8. The predicted octanol–water partition coefficient (Wildman–Crippen LogP) is 1.95. The molecule has 0 saturated carbocycles. The minimum Gasteiger partial charge on any atom is -0.477 e. The smallest absolute Gasteiger partial charge is 0.372 e. The monoisotopic (exact) mass is 483 g/mol. The fraction of sp³-hybridized carbons (Fsp3) is 0.316. The van der Waals surface area contributed by atoms with Gasteiger partial charge in [-0.25, -0.2) is 4.79 Å². The van der Waals surface area contributed by atoms with Crippen molar-refractivity contribution in [2.75, 3.05) is 6.61 Å². The van der Waals surface area contributed by atoms with E-state index in [2.05, 4.69) is 10.5 Å². The topological polar surface area (TPSA) is 148 Å². The fourth-order valence-corrected chi connectivity index (χ4v) is 4.09.